The fourth-order valence-corrected chi connectivity index (χ4v) is 2.61. The number of ether oxygens (including phenoxy) is 3. The fraction of sp³-hybridized carbons (Fsp3) is 0.158. The summed E-state index contributed by atoms with van der Waals surface area (Å²) in [5.74, 6) is 1.89. The molecule has 0 unspecified atom stereocenters. The van der Waals surface area contributed by atoms with Crippen molar-refractivity contribution in [3.05, 3.63) is 48.4 Å². The van der Waals surface area contributed by atoms with Gasteiger partial charge in [0.1, 0.15) is 11.6 Å². The van der Waals surface area contributed by atoms with Gasteiger partial charge in [-0.2, -0.15) is 10.5 Å². The Morgan fingerprint density at radius 1 is 1.07 bits per heavy atom. The van der Waals surface area contributed by atoms with Crippen LogP contribution in [-0.2, 0) is 0 Å². The highest BCUT2D eigenvalue weighted by molar-refractivity contribution is 5.76. The first-order valence-corrected chi connectivity index (χ1v) is 8.21. The van der Waals surface area contributed by atoms with Gasteiger partial charge in [0.2, 0.25) is 11.6 Å². The molecule has 0 fully saturated rings. The first kappa shape index (κ1) is 18.7. The quantitative estimate of drug-likeness (QED) is 0.603. The summed E-state index contributed by atoms with van der Waals surface area (Å²) in [7, 11) is 4.71. The van der Waals surface area contributed by atoms with Crippen LogP contribution in [0.15, 0.2) is 42.6 Å². The number of anilines is 1. The van der Waals surface area contributed by atoms with E-state index in [1.54, 1.807) is 21.3 Å². The Kier molecular flexibility index (Phi) is 5.72. The normalized spacial score (nSPS) is 10.9. The molecular formula is C19H18N6O3. The topological polar surface area (TPSA) is 118 Å². The summed E-state index contributed by atoms with van der Waals surface area (Å²) >= 11 is 0. The van der Waals surface area contributed by atoms with Gasteiger partial charge in [-0.3, -0.25) is 0 Å². The third-order valence-corrected chi connectivity index (χ3v) is 3.95. The molecule has 0 aliphatic rings. The fourth-order valence-electron chi connectivity index (χ4n) is 2.61. The number of hydrogen-bond acceptors (Lipinski definition) is 8. The van der Waals surface area contributed by atoms with Gasteiger partial charge in [-0.25, -0.2) is 0 Å². The van der Waals surface area contributed by atoms with E-state index in [1.165, 1.54) is 6.20 Å². The van der Waals surface area contributed by atoms with Crippen molar-refractivity contribution >= 4 is 11.3 Å². The minimum atomic E-state index is 0.218. The molecule has 0 saturated carbocycles. The Morgan fingerprint density at radius 3 is 2.39 bits per heavy atom. The average molecular weight is 378 g/mol. The van der Waals surface area contributed by atoms with Crippen LogP contribution in [0.4, 0.5) is 5.69 Å². The first-order chi connectivity index (χ1) is 13.7. The number of benzene rings is 2. The Labute approximate surface area is 161 Å². The number of nitriles is 1. The minimum Gasteiger partial charge on any atom is -0.493 e. The molecule has 142 valence electrons. The summed E-state index contributed by atoms with van der Waals surface area (Å²) in [6.45, 7) is 0. The smallest absolute Gasteiger partial charge is 0.216 e. The van der Waals surface area contributed by atoms with Crippen LogP contribution in [0.25, 0.3) is 16.7 Å². The van der Waals surface area contributed by atoms with Gasteiger partial charge in [-0.15, -0.1) is 10.2 Å². The van der Waals surface area contributed by atoms with Crippen molar-refractivity contribution in [2.24, 2.45) is 0 Å². The van der Waals surface area contributed by atoms with Crippen molar-refractivity contribution in [3.63, 3.8) is 0 Å². The molecule has 0 saturated heterocycles. The summed E-state index contributed by atoms with van der Waals surface area (Å²) < 4.78 is 16.2. The molecule has 0 aliphatic heterocycles. The molecule has 9 nitrogen and oxygen atoms in total. The Bertz CT molecular complexity index is 999. The number of methoxy groups -OCH3 is 3. The second kappa shape index (κ2) is 8.55. The second-order valence-corrected chi connectivity index (χ2v) is 5.54. The SMILES string of the molecule is COc1cc(-c2cccc(NC=C(C#N)c3nn[nH]n3)c2)cc(OC)c1OC. The molecule has 9 heteroatoms. The van der Waals surface area contributed by atoms with Gasteiger partial charge in [0.05, 0.1) is 21.3 Å². The van der Waals surface area contributed by atoms with Gasteiger partial charge in [-0.1, -0.05) is 12.1 Å². The summed E-state index contributed by atoms with van der Waals surface area (Å²) in [4.78, 5) is 0. The number of allylic oxidation sites excluding steroid dienone is 1. The van der Waals surface area contributed by atoms with E-state index in [0.717, 1.165) is 16.8 Å². The van der Waals surface area contributed by atoms with Gasteiger partial charge in [0, 0.05) is 11.9 Å². The molecule has 0 radical (unpaired) electrons. The number of nitrogens with one attached hydrogen (secondary N) is 2. The van der Waals surface area contributed by atoms with E-state index in [4.69, 9.17) is 14.2 Å². The maximum atomic E-state index is 9.25. The average Bonchev–Trinajstić information content (AvgIpc) is 3.28. The van der Waals surface area contributed by atoms with Crippen LogP contribution < -0.4 is 19.5 Å². The molecule has 0 amide bonds. The van der Waals surface area contributed by atoms with Crippen LogP contribution in [0, 0.1) is 11.3 Å². The van der Waals surface area contributed by atoms with Crippen LogP contribution in [0.1, 0.15) is 5.82 Å². The van der Waals surface area contributed by atoms with Crippen molar-refractivity contribution in [3.8, 4) is 34.4 Å². The number of nitrogens with zero attached hydrogens (tertiary/aromatic N) is 4. The molecule has 2 aromatic carbocycles. The number of H-pyrrole nitrogens is 1. The van der Waals surface area contributed by atoms with Crippen LogP contribution in [0.3, 0.4) is 0 Å². The van der Waals surface area contributed by atoms with Gasteiger partial charge < -0.3 is 19.5 Å². The van der Waals surface area contributed by atoms with E-state index in [9.17, 15) is 5.26 Å². The van der Waals surface area contributed by atoms with Crippen molar-refractivity contribution in [2.75, 3.05) is 26.6 Å². The molecular weight excluding hydrogens is 360 g/mol. The van der Waals surface area contributed by atoms with E-state index in [1.807, 2.05) is 42.5 Å². The molecule has 1 heterocycles. The predicted octanol–water partition coefficient (Wildman–Crippen LogP) is 2.87. The highest BCUT2D eigenvalue weighted by atomic mass is 16.5. The highest BCUT2D eigenvalue weighted by Crippen LogP contribution is 2.41. The Morgan fingerprint density at radius 2 is 1.82 bits per heavy atom. The number of aromatic nitrogens is 4. The maximum Gasteiger partial charge on any atom is 0.216 e. The first-order valence-electron chi connectivity index (χ1n) is 8.21. The summed E-state index contributed by atoms with van der Waals surface area (Å²) in [5, 5.41) is 25.7. The summed E-state index contributed by atoms with van der Waals surface area (Å²) in [6.07, 6.45) is 1.53. The molecule has 28 heavy (non-hydrogen) atoms. The lowest BCUT2D eigenvalue weighted by Crippen LogP contribution is -1.96. The standard InChI is InChI=1S/C19H18N6O3/c1-26-16-8-13(9-17(27-2)18(16)28-3)12-5-4-6-15(7-12)21-11-14(10-20)19-22-24-25-23-19/h4-9,11,21H,1-3H3,(H,22,23,24,25). The molecule has 2 N–H and O–H groups in total. The van der Waals surface area contributed by atoms with E-state index in [2.05, 4.69) is 25.9 Å². The Hall–Kier alpha value is -4.06. The lowest BCUT2D eigenvalue weighted by atomic mass is 10.0. The van der Waals surface area contributed by atoms with Crippen molar-refractivity contribution in [1.82, 2.24) is 20.6 Å². The zero-order valence-electron chi connectivity index (χ0n) is 15.6. The lowest BCUT2D eigenvalue weighted by molar-refractivity contribution is 0.324. The molecule has 0 bridgehead atoms. The van der Waals surface area contributed by atoms with E-state index >= 15 is 0 Å². The maximum absolute atomic E-state index is 9.25. The number of aromatic amines is 1. The lowest BCUT2D eigenvalue weighted by Gasteiger charge is -2.14. The highest BCUT2D eigenvalue weighted by Gasteiger charge is 2.14. The third kappa shape index (κ3) is 3.86. The zero-order chi connectivity index (χ0) is 19.9. The van der Waals surface area contributed by atoms with Crippen LogP contribution in [0.2, 0.25) is 0 Å². The summed E-state index contributed by atoms with van der Waals surface area (Å²) in [5.41, 5.74) is 2.85. The number of tetrazole rings is 1. The van der Waals surface area contributed by atoms with Gasteiger partial charge in [-0.05, 0) is 40.6 Å². The molecule has 3 aromatic rings. The predicted molar refractivity (Wildman–Crippen MR) is 103 cm³/mol. The van der Waals surface area contributed by atoms with Gasteiger partial charge in [0.25, 0.3) is 0 Å². The number of hydrogen-bond donors (Lipinski definition) is 2. The second-order valence-electron chi connectivity index (χ2n) is 5.54. The number of rotatable bonds is 7. The summed E-state index contributed by atoms with van der Waals surface area (Å²) in [6, 6.07) is 13.4. The molecule has 1 aromatic heterocycles. The molecule has 0 aliphatic carbocycles. The molecule has 0 spiro atoms. The van der Waals surface area contributed by atoms with E-state index in [-0.39, 0.29) is 11.4 Å². The van der Waals surface area contributed by atoms with Crippen molar-refractivity contribution in [1.29, 1.82) is 5.26 Å². The molecule has 0 atom stereocenters. The minimum absolute atomic E-state index is 0.218. The van der Waals surface area contributed by atoms with E-state index < -0.39 is 0 Å². The third-order valence-electron chi connectivity index (χ3n) is 3.95. The Balaban J connectivity index is 1.93. The molecule has 3 rings (SSSR count). The van der Waals surface area contributed by atoms with Crippen molar-refractivity contribution in [2.45, 2.75) is 0 Å². The van der Waals surface area contributed by atoms with Crippen molar-refractivity contribution < 1.29 is 14.2 Å². The van der Waals surface area contributed by atoms with Crippen LogP contribution >= 0.6 is 0 Å². The zero-order valence-corrected chi connectivity index (χ0v) is 15.6. The monoisotopic (exact) mass is 378 g/mol. The van der Waals surface area contributed by atoms with Gasteiger partial charge in [0.15, 0.2) is 11.5 Å². The van der Waals surface area contributed by atoms with E-state index in [0.29, 0.717) is 17.2 Å². The largest absolute Gasteiger partial charge is 0.493 e. The van der Waals surface area contributed by atoms with Gasteiger partial charge >= 0.3 is 0 Å². The van der Waals surface area contributed by atoms with Crippen LogP contribution in [0.5, 0.6) is 17.2 Å². The van der Waals surface area contributed by atoms with Crippen LogP contribution in [-0.4, -0.2) is 42.0 Å².